The molecule has 0 radical (unpaired) electrons. The quantitative estimate of drug-likeness (QED) is 0.502. The topological polar surface area (TPSA) is 34.1 Å². The van der Waals surface area contributed by atoms with Crippen LogP contribution in [0.25, 0.3) is 0 Å². The molecule has 0 saturated heterocycles. The monoisotopic (exact) mass is 138 g/mol. The molecule has 0 unspecified atom stereocenters. The first kappa shape index (κ1) is 10.8. The van der Waals surface area contributed by atoms with Crippen LogP contribution in [0, 0.1) is 0 Å². The van der Waals surface area contributed by atoms with Crippen LogP contribution in [0.4, 0.5) is 0 Å². The first-order chi connectivity index (χ1) is 3.41. The molecule has 8 heavy (non-hydrogen) atoms. The first-order valence-corrected chi connectivity index (χ1v) is 4.86. The maximum Gasteiger partial charge on any atom is 0.144 e. The van der Waals surface area contributed by atoms with Crippen molar-refractivity contribution in [2.24, 2.45) is 0 Å². The summed E-state index contributed by atoms with van der Waals surface area (Å²) in [5, 5.41) is 0. The van der Waals surface area contributed by atoms with E-state index in [1.165, 1.54) is 6.42 Å². The molecule has 2 nitrogen and oxygen atoms in total. The molecule has 0 heterocycles. The molecule has 0 fully saturated rings. The SMILES string of the molecule is CCC.CS(C)(=O)=O. The van der Waals surface area contributed by atoms with Crippen LogP contribution in [-0.4, -0.2) is 20.9 Å². The maximum absolute atomic E-state index is 9.63. The third-order valence-electron chi connectivity index (χ3n) is 0. The summed E-state index contributed by atoms with van der Waals surface area (Å²) < 4.78 is 19.3. The molecule has 0 aliphatic rings. The molecule has 3 heteroatoms. The average Bonchev–Trinajstić information content (AvgIpc) is 1.27. The number of hydrogen-bond acceptors (Lipinski definition) is 2. The van der Waals surface area contributed by atoms with E-state index in [0.717, 1.165) is 12.5 Å². The van der Waals surface area contributed by atoms with Gasteiger partial charge in [0.25, 0.3) is 0 Å². The number of hydrogen-bond donors (Lipinski definition) is 0. The standard InChI is InChI=1S/C3H8.C2H6O2S/c1-3-2;1-5(2,3)4/h3H2,1-2H3;1-2H3. The molecular weight excluding hydrogens is 124 g/mol. The van der Waals surface area contributed by atoms with E-state index in [2.05, 4.69) is 13.8 Å². The smallest absolute Gasteiger partial charge is 0.144 e. The summed E-state index contributed by atoms with van der Waals surface area (Å²) >= 11 is 0. The van der Waals surface area contributed by atoms with Crippen LogP contribution in [0.15, 0.2) is 0 Å². The lowest BCUT2D eigenvalue weighted by atomic mass is 10.6. The highest BCUT2D eigenvalue weighted by molar-refractivity contribution is 7.89. The van der Waals surface area contributed by atoms with Crippen LogP contribution in [-0.2, 0) is 9.84 Å². The normalized spacial score (nSPS) is 9.50. The molecule has 0 aliphatic carbocycles. The van der Waals surface area contributed by atoms with Crippen molar-refractivity contribution in [2.75, 3.05) is 12.5 Å². The van der Waals surface area contributed by atoms with Crippen LogP contribution < -0.4 is 0 Å². The summed E-state index contributed by atoms with van der Waals surface area (Å²) in [4.78, 5) is 0. The Morgan fingerprint density at radius 1 is 1.12 bits per heavy atom. The van der Waals surface area contributed by atoms with E-state index in [9.17, 15) is 8.42 Å². The highest BCUT2D eigenvalue weighted by Crippen LogP contribution is 1.61. The van der Waals surface area contributed by atoms with Crippen LogP contribution in [0.5, 0.6) is 0 Å². The van der Waals surface area contributed by atoms with Crippen LogP contribution in [0.2, 0.25) is 0 Å². The fourth-order valence-electron chi connectivity index (χ4n) is 0. The molecule has 0 amide bonds. The van der Waals surface area contributed by atoms with Gasteiger partial charge in [0.05, 0.1) is 0 Å². The highest BCUT2D eigenvalue weighted by Gasteiger charge is 1.79. The zero-order valence-corrected chi connectivity index (χ0v) is 6.75. The molecule has 52 valence electrons. The maximum atomic E-state index is 9.63. The van der Waals surface area contributed by atoms with Gasteiger partial charge < -0.3 is 0 Å². The van der Waals surface area contributed by atoms with E-state index >= 15 is 0 Å². The molecule has 0 spiro atoms. The molecular formula is C5H14O2S. The van der Waals surface area contributed by atoms with Gasteiger partial charge in [0, 0.05) is 12.5 Å². The molecule has 0 rings (SSSR count). The van der Waals surface area contributed by atoms with Gasteiger partial charge in [0.15, 0.2) is 0 Å². The molecule has 0 saturated carbocycles. The summed E-state index contributed by atoms with van der Waals surface area (Å²) in [5.74, 6) is 0. The molecule has 0 aliphatic heterocycles. The zero-order chi connectivity index (χ0) is 7.21. The molecule has 0 aromatic heterocycles. The molecule has 0 aromatic carbocycles. The second-order valence-corrected chi connectivity index (χ2v) is 4.14. The van der Waals surface area contributed by atoms with Gasteiger partial charge in [-0.1, -0.05) is 20.3 Å². The minimum absolute atomic E-state index is 1.16. The highest BCUT2D eigenvalue weighted by atomic mass is 32.2. The summed E-state index contributed by atoms with van der Waals surface area (Å²) in [7, 11) is -2.67. The van der Waals surface area contributed by atoms with Gasteiger partial charge in [0.2, 0.25) is 0 Å². The summed E-state index contributed by atoms with van der Waals surface area (Å²) in [5.41, 5.74) is 0. The number of sulfone groups is 1. The van der Waals surface area contributed by atoms with Crippen molar-refractivity contribution >= 4 is 9.84 Å². The van der Waals surface area contributed by atoms with Gasteiger partial charge in [0.1, 0.15) is 9.84 Å². The lowest BCUT2D eigenvalue weighted by Gasteiger charge is -1.69. The Hall–Kier alpha value is -0.0500. The fraction of sp³-hybridized carbons (Fsp3) is 1.00. The molecule has 0 atom stereocenters. The molecule has 0 aromatic rings. The number of rotatable bonds is 0. The lowest BCUT2D eigenvalue weighted by Crippen LogP contribution is -1.86. The van der Waals surface area contributed by atoms with E-state index < -0.39 is 9.84 Å². The van der Waals surface area contributed by atoms with E-state index in [0.29, 0.717) is 0 Å². The Balaban J connectivity index is 0. The molecule has 0 bridgehead atoms. The van der Waals surface area contributed by atoms with Crippen molar-refractivity contribution in [2.45, 2.75) is 20.3 Å². The summed E-state index contributed by atoms with van der Waals surface area (Å²) in [6.45, 7) is 4.25. The third kappa shape index (κ3) is 58300. The van der Waals surface area contributed by atoms with Gasteiger partial charge >= 0.3 is 0 Å². The van der Waals surface area contributed by atoms with Crippen molar-refractivity contribution in [3.63, 3.8) is 0 Å². The largest absolute Gasteiger partial charge is 0.229 e. The lowest BCUT2D eigenvalue weighted by molar-refractivity contribution is 0.607. The average molecular weight is 138 g/mol. The van der Waals surface area contributed by atoms with Crippen molar-refractivity contribution in [1.29, 1.82) is 0 Å². The van der Waals surface area contributed by atoms with Crippen molar-refractivity contribution in [3.05, 3.63) is 0 Å². The van der Waals surface area contributed by atoms with Crippen molar-refractivity contribution in [1.82, 2.24) is 0 Å². The summed E-state index contributed by atoms with van der Waals surface area (Å²) in [6.07, 6.45) is 3.57. The first-order valence-electron chi connectivity index (χ1n) is 2.56. The van der Waals surface area contributed by atoms with Crippen LogP contribution in [0.1, 0.15) is 20.3 Å². The van der Waals surface area contributed by atoms with E-state index in [-0.39, 0.29) is 0 Å². The predicted octanol–water partition coefficient (Wildman–Crippen LogP) is 1.08. The van der Waals surface area contributed by atoms with Crippen LogP contribution >= 0.6 is 0 Å². The van der Waals surface area contributed by atoms with E-state index in [1.807, 2.05) is 0 Å². The fourth-order valence-corrected chi connectivity index (χ4v) is 0. The minimum Gasteiger partial charge on any atom is -0.229 e. The summed E-state index contributed by atoms with van der Waals surface area (Å²) in [6, 6.07) is 0. The Morgan fingerprint density at radius 2 is 1.12 bits per heavy atom. The minimum atomic E-state index is -2.67. The van der Waals surface area contributed by atoms with Gasteiger partial charge in [-0.15, -0.1) is 0 Å². The Kier molecular flexibility index (Phi) is 6.91. The van der Waals surface area contributed by atoms with Crippen molar-refractivity contribution < 1.29 is 8.42 Å². The van der Waals surface area contributed by atoms with E-state index in [4.69, 9.17) is 0 Å². The van der Waals surface area contributed by atoms with Crippen molar-refractivity contribution in [3.8, 4) is 0 Å². The van der Waals surface area contributed by atoms with Gasteiger partial charge in [-0.05, 0) is 0 Å². The predicted molar refractivity (Wildman–Crippen MR) is 36.7 cm³/mol. The Morgan fingerprint density at radius 3 is 1.12 bits per heavy atom. The Bertz CT molecular complexity index is 104. The van der Waals surface area contributed by atoms with Gasteiger partial charge in [-0.3, -0.25) is 0 Å². The second-order valence-electron chi connectivity index (χ2n) is 1.85. The van der Waals surface area contributed by atoms with E-state index in [1.54, 1.807) is 0 Å². The third-order valence-corrected chi connectivity index (χ3v) is 0. The van der Waals surface area contributed by atoms with Crippen LogP contribution in [0.3, 0.4) is 0 Å². The van der Waals surface area contributed by atoms with Gasteiger partial charge in [-0.25, -0.2) is 8.42 Å². The zero-order valence-electron chi connectivity index (χ0n) is 5.93. The van der Waals surface area contributed by atoms with Gasteiger partial charge in [-0.2, -0.15) is 0 Å². The molecule has 0 N–H and O–H groups in total. The Labute approximate surface area is 51.8 Å². The second kappa shape index (κ2) is 5.09.